The van der Waals surface area contributed by atoms with Crippen molar-refractivity contribution in [3.05, 3.63) is 29.6 Å². The van der Waals surface area contributed by atoms with Crippen LogP contribution in [-0.2, 0) is 4.79 Å². The van der Waals surface area contributed by atoms with E-state index in [1.54, 1.807) is 0 Å². The molecule has 1 aliphatic carbocycles. The highest BCUT2D eigenvalue weighted by Crippen LogP contribution is 2.37. The van der Waals surface area contributed by atoms with Crippen LogP contribution in [0.4, 0.5) is 23.7 Å². The summed E-state index contributed by atoms with van der Waals surface area (Å²) in [6.45, 7) is 0. The Bertz CT molecular complexity index is 837. The van der Waals surface area contributed by atoms with E-state index in [-0.39, 0.29) is 11.6 Å². The van der Waals surface area contributed by atoms with Gasteiger partial charge in [0.1, 0.15) is 0 Å². The smallest absolute Gasteiger partial charge is 0.318 e. The van der Waals surface area contributed by atoms with Gasteiger partial charge in [-0.2, -0.15) is 5.10 Å². The third-order valence-corrected chi connectivity index (χ3v) is 4.75. The van der Waals surface area contributed by atoms with Crippen molar-refractivity contribution < 1.29 is 27.9 Å². The van der Waals surface area contributed by atoms with Crippen LogP contribution >= 0.6 is 0 Å². The molecule has 150 valence electrons. The fourth-order valence-electron chi connectivity index (χ4n) is 3.07. The van der Waals surface area contributed by atoms with Crippen molar-refractivity contribution in [1.82, 2.24) is 16.0 Å². The molecule has 2 fully saturated rings. The summed E-state index contributed by atoms with van der Waals surface area (Å²) in [5.74, 6) is -5.71. The predicted octanol–water partition coefficient (Wildman–Crippen LogP) is 0.765. The summed E-state index contributed by atoms with van der Waals surface area (Å²) in [7, 11) is 0. The molecule has 1 aromatic rings. The van der Waals surface area contributed by atoms with Gasteiger partial charge >= 0.3 is 6.03 Å². The Kier molecular flexibility index (Phi) is 5.23. The number of hydrogen-bond acceptors (Lipinski definition) is 6. The molecule has 0 aromatic heterocycles. The van der Waals surface area contributed by atoms with E-state index in [0.29, 0.717) is 31.2 Å². The van der Waals surface area contributed by atoms with Gasteiger partial charge in [0, 0.05) is 18.1 Å². The van der Waals surface area contributed by atoms with Gasteiger partial charge in [0.05, 0.1) is 11.9 Å². The average Bonchev–Trinajstić information content (AvgIpc) is 2.85. The SMILES string of the molecule is N=C/C(=N\Nc1cc(F)c(F)c(F)c1)C(=O)NC1(C2CCC2)NC(=O)NC1O. The highest BCUT2D eigenvalue weighted by Gasteiger charge is 2.54. The second-order valence-corrected chi connectivity index (χ2v) is 6.46. The number of aliphatic hydroxyl groups excluding tert-OH is 1. The van der Waals surface area contributed by atoms with Gasteiger partial charge in [0.15, 0.2) is 35.1 Å². The van der Waals surface area contributed by atoms with Crippen LogP contribution in [0.5, 0.6) is 0 Å². The number of carbonyl (C=O) groups is 2. The number of amides is 3. The Balaban J connectivity index is 1.78. The molecule has 2 unspecified atom stereocenters. The van der Waals surface area contributed by atoms with Gasteiger partial charge in [-0.05, 0) is 12.8 Å². The van der Waals surface area contributed by atoms with E-state index in [4.69, 9.17) is 5.41 Å². The van der Waals surface area contributed by atoms with Crippen molar-refractivity contribution in [2.24, 2.45) is 11.0 Å². The predicted molar refractivity (Wildman–Crippen MR) is 92.0 cm³/mol. The summed E-state index contributed by atoms with van der Waals surface area (Å²) >= 11 is 0. The second-order valence-electron chi connectivity index (χ2n) is 6.46. The quantitative estimate of drug-likeness (QED) is 0.239. The van der Waals surface area contributed by atoms with Crippen molar-refractivity contribution in [1.29, 1.82) is 5.41 Å². The number of urea groups is 1. The zero-order valence-electron chi connectivity index (χ0n) is 14.4. The summed E-state index contributed by atoms with van der Waals surface area (Å²) in [5, 5.41) is 28.4. The summed E-state index contributed by atoms with van der Waals surface area (Å²) in [6, 6.07) is 0.591. The van der Waals surface area contributed by atoms with E-state index < -0.39 is 47.0 Å². The molecule has 3 rings (SSSR count). The number of anilines is 1. The maximum atomic E-state index is 13.2. The maximum Gasteiger partial charge on any atom is 0.318 e. The molecule has 1 saturated carbocycles. The van der Waals surface area contributed by atoms with Gasteiger partial charge in [-0.15, -0.1) is 0 Å². The number of carbonyl (C=O) groups excluding carboxylic acids is 2. The lowest BCUT2D eigenvalue weighted by molar-refractivity contribution is -0.121. The van der Waals surface area contributed by atoms with E-state index in [1.807, 2.05) is 0 Å². The largest absolute Gasteiger partial charge is 0.369 e. The van der Waals surface area contributed by atoms with E-state index in [2.05, 4.69) is 26.5 Å². The van der Waals surface area contributed by atoms with Crippen LogP contribution in [0.3, 0.4) is 0 Å². The molecule has 0 radical (unpaired) electrons. The lowest BCUT2D eigenvalue weighted by Gasteiger charge is -2.43. The number of nitrogens with one attached hydrogen (secondary N) is 5. The lowest BCUT2D eigenvalue weighted by atomic mass is 9.75. The standard InChI is InChI=1S/C16H17F3N6O3/c17-9-4-8(5-10(18)12(9)19)24-25-11(6-20)13(26)22-16(7-2-1-3-7)14(27)21-15(28)23-16/h4-7,14,20,24,27H,1-3H2,(H,22,26)(H2,21,23,28)/b20-6?,25-11+. The highest BCUT2D eigenvalue weighted by molar-refractivity contribution is 6.60. The summed E-state index contributed by atoms with van der Waals surface area (Å²) in [4.78, 5) is 24.1. The van der Waals surface area contributed by atoms with Gasteiger partial charge in [0.2, 0.25) is 0 Å². The molecule has 9 nitrogen and oxygen atoms in total. The highest BCUT2D eigenvalue weighted by atomic mass is 19.2. The molecule has 6 N–H and O–H groups in total. The van der Waals surface area contributed by atoms with Crippen LogP contribution in [0.2, 0.25) is 0 Å². The first kappa shape index (κ1) is 19.6. The Labute approximate surface area is 156 Å². The molecule has 28 heavy (non-hydrogen) atoms. The molecule has 12 heteroatoms. The van der Waals surface area contributed by atoms with E-state index in [9.17, 15) is 27.9 Å². The molecule has 2 atom stereocenters. The monoisotopic (exact) mass is 398 g/mol. The van der Waals surface area contributed by atoms with Gasteiger partial charge < -0.3 is 26.5 Å². The molecule has 2 aliphatic rings. The van der Waals surface area contributed by atoms with Crippen molar-refractivity contribution in [3.63, 3.8) is 0 Å². The van der Waals surface area contributed by atoms with Crippen LogP contribution in [0.1, 0.15) is 19.3 Å². The molecular weight excluding hydrogens is 381 g/mol. The minimum atomic E-state index is -1.65. The third kappa shape index (κ3) is 3.50. The lowest BCUT2D eigenvalue weighted by Crippen LogP contribution is -2.69. The third-order valence-electron chi connectivity index (χ3n) is 4.75. The summed E-state index contributed by atoms with van der Waals surface area (Å²) < 4.78 is 39.5. The van der Waals surface area contributed by atoms with E-state index in [0.717, 1.165) is 6.42 Å². The zero-order valence-corrected chi connectivity index (χ0v) is 14.4. The first-order valence-corrected chi connectivity index (χ1v) is 8.35. The minimum absolute atomic E-state index is 0.231. The summed E-state index contributed by atoms with van der Waals surface area (Å²) in [5.41, 5.74) is -0.0909. The van der Waals surface area contributed by atoms with E-state index >= 15 is 0 Å². The molecule has 0 bridgehead atoms. The van der Waals surface area contributed by atoms with Gasteiger partial charge in [-0.3, -0.25) is 10.2 Å². The fraction of sp³-hybridized carbons (Fsp3) is 0.375. The summed E-state index contributed by atoms with van der Waals surface area (Å²) in [6.07, 6.45) is 1.35. The molecular formula is C16H17F3N6O3. The van der Waals surface area contributed by atoms with Crippen molar-refractivity contribution >= 4 is 29.6 Å². The topological polar surface area (TPSA) is 139 Å². The van der Waals surface area contributed by atoms with Crippen LogP contribution < -0.4 is 21.4 Å². The number of halogens is 3. The first-order chi connectivity index (χ1) is 13.3. The Morgan fingerprint density at radius 3 is 2.43 bits per heavy atom. The number of hydrazone groups is 1. The number of rotatable bonds is 6. The Hall–Kier alpha value is -3.15. The number of hydrogen-bond donors (Lipinski definition) is 6. The normalized spacial score (nSPS) is 24.8. The minimum Gasteiger partial charge on any atom is -0.369 e. The number of benzene rings is 1. The first-order valence-electron chi connectivity index (χ1n) is 8.35. The van der Waals surface area contributed by atoms with E-state index in [1.165, 1.54) is 0 Å². The van der Waals surface area contributed by atoms with Gasteiger partial charge in [-0.1, -0.05) is 6.42 Å². The van der Waals surface area contributed by atoms with Gasteiger partial charge in [0.25, 0.3) is 5.91 Å². The Morgan fingerprint density at radius 1 is 1.32 bits per heavy atom. The van der Waals surface area contributed by atoms with Crippen molar-refractivity contribution in [3.8, 4) is 0 Å². The number of aliphatic hydroxyl groups is 1. The van der Waals surface area contributed by atoms with Crippen LogP contribution in [0.15, 0.2) is 17.2 Å². The van der Waals surface area contributed by atoms with Crippen LogP contribution in [0.25, 0.3) is 0 Å². The van der Waals surface area contributed by atoms with Gasteiger partial charge in [-0.25, -0.2) is 18.0 Å². The number of nitrogens with zero attached hydrogens (tertiary/aromatic N) is 1. The second kappa shape index (κ2) is 7.46. The molecule has 3 amide bonds. The molecule has 1 heterocycles. The van der Waals surface area contributed by atoms with Crippen molar-refractivity contribution in [2.45, 2.75) is 31.2 Å². The van der Waals surface area contributed by atoms with Crippen LogP contribution in [-0.4, -0.2) is 40.9 Å². The maximum absolute atomic E-state index is 13.2. The molecule has 1 saturated heterocycles. The molecule has 1 aromatic carbocycles. The zero-order chi connectivity index (χ0) is 20.5. The van der Waals surface area contributed by atoms with Crippen molar-refractivity contribution in [2.75, 3.05) is 5.43 Å². The molecule has 0 spiro atoms. The molecule has 1 aliphatic heterocycles. The van der Waals surface area contributed by atoms with Crippen LogP contribution in [0, 0.1) is 28.8 Å². The fourth-order valence-corrected chi connectivity index (χ4v) is 3.07. The Morgan fingerprint density at radius 2 is 1.96 bits per heavy atom. The average molecular weight is 398 g/mol.